The molecular formula is C23H16N2O3. The highest BCUT2D eigenvalue weighted by molar-refractivity contribution is 6.25. The zero-order valence-electron chi connectivity index (χ0n) is 15.2. The maximum atomic E-state index is 12.9. The summed E-state index contributed by atoms with van der Waals surface area (Å²) in [6.45, 7) is 0.0998. The van der Waals surface area contributed by atoms with Gasteiger partial charge in [0.15, 0.2) is 11.6 Å². The minimum Gasteiger partial charge on any atom is -0.497 e. The summed E-state index contributed by atoms with van der Waals surface area (Å²) in [4.78, 5) is 25.7. The second-order valence-corrected chi connectivity index (χ2v) is 6.73. The Balaban J connectivity index is 1.61. The van der Waals surface area contributed by atoms with Crippen LogP contribution in [0.1, 0.15) is 26.3 Å². The lowest BCUT2D eigenvalue weighted by molar-refractivity contribution is 0.0968. The van der Waals surface area contributed by atoms with Gasteiger partial charge in [-0.2, -0.15) is 5.10 Å². The van der Waals surface area contributed by atoms with Crippen LogP contribution in [-0.4, -0.2) is 28.5 Å². The highest BCUT2D eigenvalue weighted by atomic mass is 16.5. The lowest BCUT2D eigenvalue weighted by atomic mass is 9.87. The molecule has 0 saturated carbocycles. The molecule has 5 nitrogen and oxygen atoms in total. The number of hydrogen-bond donors (Lipinski definition) is 0. The summed E-state index contributed by atoms with van der Waals surface area (Å²) in [5, 5.41) is 5.53. The third kappa shape index (κ3) is 2.36. The molecule has 4 aromatic rings. The van der Waals surface area contributed by atoms with Crippen molar-refractivity contribution in [3.05, 3.63) is 83.4 Å². The van der Waals surface area contributed by atoms with Crippen molar-refractivity contribution < 1.29 is 14.3 Å². The van der Waals surface area contributed by atoms with Crippen molar-refractivity contribution in [3.8, 4) is 17.0 Å². The lowest BCUT2D eigenvalue weighted by Crippen LogP contribution is -2.11. The van der Waals surface area contributed by atoms with Gasteiger partial charge in [-0.1, -0.05) is 36.4 Å². The van der Waals surface area contributed by atoms with E-state index in [1.54, 1.807) is 36.1 Å². The molecule has 1 aliphatic rings. The first kappa shape index (κ1) is 16.4. The average molecular weight is 368 g/mol. The Morgan fingerprint density at radius 2 is 1.64 bits per heavy atom. The van der Waals surface area contributed by atoms with E-state index in [0.717, 1.165) is 22.2 Å². The summed E-state index contributed by atoms with van der Waals surface area (Å²) in [6.07, 6.45) is 0. The lowest BCUT2D eigenvalue weighted by Gasteiger charge is -2.13. The molecule has 5 rings (SSSR count). The van der Waals surface area contributed by atoms with Gasteiger partial charge in [0.2, 0.25) is 0 Å². The Bertz CT molecular complexity index is 1250. The first-order valence-electron chi connectivity index (χ1n) is 8.98. The standard InChI is InChI=1S/C23H16N2O3/c1-28-15-11-9-14(10-12-15)20(26)13-25-19-8-4-7-18-21(19)22(24-25)16-5-2-3-6-17(16)23(18)27/h2-12H,13H2,1H3. The van der Waals surface area contributed by atoms with Crippen LogP contribution in [0.2, 0.25) is 0 Å². The van der Waals surface area contributed by atoms with Crippen LogP contribution in [0.3, 0.4) is 0 Å². The molecular weight excluding hydrogens is 352 g/mol. The normalized spacial score (nSPS) is 12.1. The highest BCUT2D eigenvalue weighted by Gasteiger charge is 2.28. The van der Waals surface area contributed by atoms with E-state index in [1.165, 1.54) is 0 Å². The molecule has 0 atom stereocenters. The number of Topliss-reactive ketones (excluding diaryl/α,β-unsaturated/α-hetero) is 1. The van der Waals surface area contributed by atoms with Gasteiger partial charge < -0.3 is 4.74 Å². The molecule has 3 aromatic carbocycles. The minimum atomic E-state index is -0.0529. The predicted molar refractivity (Wildman–Crippen MR) is 106 cm³/mol. The number of fused-ring (bicyclic) bond motifs is 2. The second-order valence-electron chi connectivity index (χ2n) is 6.73. The number of rotatable bonds is 4. The van der Waals surface area contributed by atoms with E-state index < -0.39 is 0 Å². The Morgan fingerprint density at radius 3 is 2.39 bits per heavy atom. The molecule has 0 unspecified atom stereocenters. The van der Waals surface area contributed by atoms with Gasteiger partial charge in [-0.05, 0) is 30.3 Å². The summed E-state index contributed by atoms with van der Waals surface area (Å²) >= 11 is 0. The number of carbonyl (C=O) groups excluding carboxylic acids is 2. The third-order valence-corrected chi connectivity index (χ3v) is 5.15. The number of ketones is 2. The van der Waals surface area contributed by atoms with E-state index >= 15 is 0 Å². The molecule has 136 valence electrons. The molecule has 0 N–H and O–H groups in total. The van der Waals surface area contributed by atoms with Crippen LogP contribution in [-0.2, 0) is 6.54 Å². The average Bonchev–Trinajstić information content (AvgIpc) is 3.11. The van der Waals surface area contributed by atoms with Gasteiger partial charge in [0.05, 0.1) is 12.6 Å². The maximum absolute atomic E-state index is 12.9. The number of hydrogen-bond acceptors (Lipinski definition) is 4. The first-order chi connectivity index (χ1) is 13.7. The second kappa shape index (κ2) is 6.16. The van der Waals surface area contributed by atoms with Crippen LogP contribution in [0.4, 0.5) is 0 Å². The van der Waals surface area contributed by atoms with Crippen molar-refractivity contribution in [1.29, 1.82) is 0 Å². The van der Waals surface area contributed by atoms with Crippen LogP contribution < -0.4 is 4.74 Å². The minimum absolute atomic E-state index is 0.00488. The van der Waals surface area contributed by atoms with Crippen molar-refractivity contribution in [2.45, 2.75) is 6.54 Å². The van der Waals surface area contributed by atoms with Gasteiger partial charge in [0, 0.05) is 27.6 Å². The molecule has 0 bridgehead atoms. The monoisotopic (exact) mass is 368 g/mol. The molecule has 5 heteroatoms. The number of benzene rings is 3. The van der Waals surface area contributed by atoms with Crippen LogP contribution in [0, 0.1) is 0 Å². The smallest absolute Gasteiger partial charge is 0.194 e. The Kier molecular flexibility index (Phi) is 3.62. The number of aromatic nitrogens is 2. The molecule has 0 spiro atoms. The maximum Gasteiger partial charge on any atom is 0.194 e. The molecule has 0 aliphatic heterocycles. The first-order valence-corrected chi connectivity index (χ1v) is 8.98. The molecule has 1 aliphatic carbocycles. The molecule has 1 aromatic heterocycles. The molecule has 0 amide bonds. The van der Waals surface area contributed by atoms with Gasteiger partial charge in [0.1, 0.15) is 18.0 Å². The summed E-state index contributed by atoms with van der Waals surface area (Å²) in [5.41, 5.74) is 4.23. The molecule has 0 radical (unpaired) electrons. The van der Waals surface area contributed by atoms with Gasteiger partial charge in [-0.15, -0.1) is 0 Å². The quantitative estimate of drug-likeness (QED) is 0.447. The van der Waals surface area contributed by atoms with Crippen molar-refractivity contribution >= 4 is 22.5 Å². The molecule has 1 heterocycles. The number of ether oxygens (including phenoxy) is 1. The highest BCUT2D eigenvalue weighted by Crippen LogP contribution is 2.38. The van der Waals surface area contributed by atoms with Crippen LogP contribution in [0.15, 0.2) is 66.7 Å². The Hall–Kier alpha value is -3.73. The van der Waals surface area contributed by atoms with Crippen molar-refractivity contribution in [2.75, 3.05) is 7.11 Å². The molecule has 28 heavy (non-hydrogen) atoms. The fourth-order valence-electron chi connectivity index (χ4n) is 3.76. The molecule has 0 saturated heterocycles. The fraction of sp³-hybridized carbons (Fsp3) is 0.0870. The van der Waals surface area contributed by atoms with Crippen molar-refractivity contribution in [1.82, 2.24) is 9.78 Å². The van der Waals surface area contributed by atoms with E-state index in [4.69, 9.17) is 9.84 Å². The van der Waals surface area contributed by atoms with E-state index in [1.807, 2.05) is 42.5 Å². The van der Waals surface area contributed by atoms with Gasteiger partial charge in [-0.3, -0.25) is 14.3 Å². The molecule has 0 fully saturated rings. The van der Waals surface area contributed by atoms with Crippen LogP contribution in [0.5, 0.6) is 5.75 Å². The summed E-state index contributed by atoms with van der Waals surface area (Å²) < 4.78 is 6.84. The number of carbonyl (C=O) groups is 2. The summed E-state index contributed by atoms with van der Waals surface area (Å²) in [6, 6.07) is 20.1. The van der Waals surface area contributed by atoms with Gasteiger partial charge in [0.25, 0.3) is 0 Å². The Morgan fingerprint density at radius 1 is 0.929 bits per heavy atom. The third-order valence-electron chi connectivity index (χ3n) is 5.15. The van der Waals surface area contributed by atoms with E-state index in [0.29, 0.717) is 22.4 Å². The summed E-state index contributed by atoms with van der Waals surface area (Å²) in [7, 11) is 1.59. The van der Waals surface area contributed by atoms with Crippen molar-refractivity contribution in [2.24, 2.45) is 0 Å². The van der Waals surface area contributed by atoms with Gasteiger partial charge >= 0.3 is 0 Å². The van der Waals surface area contributed by atoms with Crippen LogP contribution >= 0.6 is 0 Å². The van der Waals surface area contributed by atoms with E-state index in [-0.39, 0.29) is 18.1 Å². The SMILES string of the molecule is COc1ccc(C(=O)Cn2nc3c4c(cccc42)C(=O)c2ccccc2-3)cc1. The van der Waals surface area contributed by atoms with Crippen LogP contribution in [0.25, 0.3) is 22.2 Å². The topological polar surface area (TPSA) is 61.2 Å². The zero-order chi connectivity index (χ0) is 19.3. The fourth-order valence-corrected chi connectivity index (χ4v) is 3.76. The largest absolute Gasteiger partial charge is 0.497 e. The Labute approximate surface area is 161 Å². The van der Waals surface area contributed by atoms with E-state index in [2.05, 4.69) is 0 Å². The van der Waals surface area contributed by atoms with E-state index in [9.17, 15) is 9.59 Å². The predicted octanol–water partition coefficient (Wildman–Crippen LogP) is 4.14. The van der Waals surface area contributed by atoms with Crippen molar-refractivity contribution in [3.63, 3.8) is 0 Å². The summed E-state index contributed by atoms with van der Waals surface area (Å²) in [5.74, 6) is 0.645. The number of nitrogens with zero attached hydrogens (tertiary/aromatic N) is 2. The number of methoxy groups -OCH3 is 1. The zero-order valence-corrected chi connectivity index (χ0v) is 15.2. The van der Waals surface area contributed by atoms with Gasteiger partial charge in [-0.25, -0.2) is 0 Å².